The van der Waals surface area contributed by atoms with Gasteiger partial charge in [-0.1, -0.05) is 0 Å². The topological polar surface area (TPSA) is 61.4 Å². The molecule has 1 rings (SSSR count). The Bertz CT molecular complexity index is 286. The SMILES string of the molecule is CCN(CC)C(=O)C(C)NCCC(=O)NC1CC1. The van der Waals surface area contributed by atoms with Crippen LogP contribution in [0.1, 0.15) is 40.0 Å². The quantitative estimate of drug-likeness (QED) is 0.664. The van der Waals surface area contributed by atoms with Gasteiger partial charge in [0.15, 0.2) is 0 Å². The summed E-state index contributed by atoms with van der Waals surface area (Å²) >= 11 is 0. The summed E-state index contributed by atoms with van der Waals surface area (Å²) in [4.78, 5) is 25.2. The molecular formula is C13H25N3O2. The Morgan fingerprint density at radius 1 is 1.28 bits per heavy atom. The Morgan fingerprint density at radius 3 is 2.39 bits per heavy atom. The molecule has 2 N–H and O–H groups in total. The summed E-state index contributed by atoms with van der Waals surface area (Å²) < 4.78 is 0. The van der Waals surface area contributed by atoms with E-state index in [-0.39, 0.29) is 17.9 Å². The summed E-state index contributed by atoms with van der Waals surface area (Å²) in [6.07, 6.45) is 2.65. The van der Waals surface area contributed by atoms with Gasteiger partial charge in [-0.25, -0.2) is 0 Å². The molecule has 18 heavy (non-hydrogen) atoms. The predicted octanol–water partition coefficient (Wildman–Crippen LogP) is 0.502. The molecule has 0 heterocycles. The van der Waals surface area contributed by atoms with Crippen LogP contribution in [0.25, 0.3) is 0 Å². The Labute approximate surface area is 109 Å². The normalized spacial score (nSPS) is 16.2. The maximum atomic E-state index is 11.9. The van der Waals surface area contributed by atoms with Crippen molar-refractivity contribution in [2.75, 3.05) is 19.6 Å². The first-order valence-electron chi connectivity index (χ1n) is 6.90. The van der Waals surface area contributed by atoms with Crippen LogP contribution in [0.2, 0.25) is 0 Å². The van der Waals surface area contributed by atoms with E-state index in [0.29, 0.717) is 19.0 Å². The lowest BCUT2D eigenvalue weighted by Gasteiger charge is -2.23. The molecular weight excluding hydrogens is 230 g/mol. The first kappa shape index (κ1) is 15.0. The van der Waals surface area contributed by atoms with Crippen molar-refractivity contribution in [3.63, 3.8) is 0 Å². The molecule has 0 aliphatic heterocycles. The third-order valence-electron chi connectivity index (χ3n) is 3.19. The summed E-state index contributed by atoms with van der Waals surface area (Å²) in [6.45, 7) is 7.79. The fraction of sp³-hybridized carbons (Fsp3) is 0.846. The van der Waals surface area contributed by atoms with Gasteiger partial charge in [0.2, 0.25) is 11.8 Å². The van der Waals surface area contributed by atoms with E-state index in [4.69, 9.17) is 0 Å². The van der Waals surface area contributed by atoms with E-state index in [9.17, 15) is 9.59 Å². The van der Waals surface area contributed by atoms with Crippen LogP contribution in [0.4, 0.5) is 0 Å². The zero-order valence-corrected chi connectivity index (χ0v) is 11.7. The molecule has 0 spiro atoms. The molecule has 5 nitrogen and oxygen atoms in total. The van der Waals surface area contributed by atoms with Crippen molar-refractivity contribution >= 4 is 11.8 Å². The van der Waals surface area contributed by atoms with Gasteiger partial charge in [-0.05, 0) is 33.6 Å². The minimum Gasteiger partial charge on any atom is -0.353 e. The Kier molecular flexibility index (Phi) is 6.12. The third-order valence-corrected chi connectivity index (χ3v) is 3.19. The minimum absolute atomic E-state index is 0.0764. The molecule has 0 radical (unpaired) electrons. The number of amides is 2. The number of carbonyl (C=O) groups is 2. The molecule has 0 bridgehead atoms. The van der Waals surface area contributed by atoms with Crippen molar-refractivity contribution in [2.45, 2.75) is 52.1 Å². The van der Waals surface area contributed by atoms with Crippen molar-refractivity contribution < 1.29 is 9.59 Å². The van der Waals surface area contributed by atoms with Gasteiger partial charge in [-0.2, -0.15) is 0 Å². The fourth-order valence-electron chi connectivity index (χ4n) is 1.83. The highest BCUT2D eigenvalue weighted by Crippen LogP contribution is 2.18. The molecule has 0 aromatic rings. The lowest BCUT2D eigenvalue weighted by molar-refractivity contribution is -0.132. The molecule has 104 valence electrons. The first-order chi connectivity index (χ1) is 8.58. The van der Waals surface area contributed by atoms with Crippen molar-refractivity contribution in [1.82, 2.24) is 15.5 Å². The zero-order chi connectivity index (χ0) is 13.5. The van der Waals surface area contributed by atoms with Crippen molar-refractivity contribution in [3.05, 3.63) is 0 Å². The second-order valence-corrected chi connectivity index (χ2v) is 4.78. The average molecular weight is 255 g/mol. The van der Waals surface area contributed by atoms with E-state index < -0.39 is 0 Å². The van der Waals surface area contributed by atoms with Gasteiger partial charge in [0.1, 0.15) is 0 Å². The Balaban J connectivity index is 2.16. The number of carbonyl (C=O) groups excluding carboxylic acids is 2. The van der Waals surface area contributed by atoms with Crippen LogP contribution < -0.4 is 10.6 Å². The molecule has 2 amide bonds. The monoisotopic (exact) mass is 255 g/mol. The molecule has 1 fully saturated rings. The van der Waals surface area contributed by atoms with Gasteiger partial charge in [-0.3, -0.25) is 9.59 Å². The van der Waals surface area contributed by atoms with Gasteiger partial charge >= 0.3 is 0 Å². The zero-order valence-electron chi connectivity index (χ0n) is 11.7. The molecule has 0 aromatic heterocycles. The summed E-state index contributed by atoms with van der Waals surface area (Å²) in [7, 11) is 0. The Hall–Kier alpha value is -1.10. The molecule has 0 aromatic carbocycles. The van der Waals surface area contributed by atoms with E-state index in [1.807, 2.05) is 20.8 Å². The average Bonchev–Trinajstić information content (AvgIpc) is 3.14. The summed E-state index contributed by atoms with van der Waals surface area (Å²) in [5.74, 6) is 0.176. The first-order valence-corrected chi connectivity index (χ1v) is 6.90. The standard InChI is InChI=1S/C13H25N3O2/c1-4-16(5-2)13(18)10(3)14-9-8-12(17)15-11-6-7-11/h10-11,14H,4-9H2,1-3H3,(H,15,17). The highest BCUT2D eigenvalue weighted by Gasteiger charge is 2.23. The smallest absolute Gasteiger partial charge is 0.239 e. The van der Waals surface area contributed by atoms with Crippen molar-refractivity contribution in [1.29, 1.82) is 0 Å². The molecule has 1 saturated carbocycles. The summed E-state index contributed by atoms with van der Waals surface area (Å²) in [6, 6.07) is 0.186. The van der Waals surface area contributed by atoms with Gasteiger partial charge in [0.25, 0.3) is 0 Å². The molecule has 0 saturated heterocycles. The van der Waals surface area contributed by atoms with E-state index in [1.165, 1.54) is 0 Å². The maximum absolute atomic E-state index is 11.9. The largest absolute Gasteiger partial charge is 0.353 e. The van der Waals surface area contributed by atoms with E-state index in [2.05, 4.69) is 10.6 Å². The van der Waals surface area contributed by atoms with Crippen LogP contribution >= 0.6 is 0 Å². The van der Waals surface area contributed by atoms with Crippen LogP contribution in [-0.2, 0) is 9.59 Å². The number of hydrogen-bond acceptors (Lipinski definition) is 3. The van der Waals surface area contributed by atoms with Gasteiger partial charge in [-0.15, -0.1) is 0 Å². The second-order valence-electron chi connectivity index (χ2n) is 4.78. The molecule has 1 aliphatic rings. The third kappa shape index (κ3) is 5.04. The number of likely N-dealkylation sites (N-methyl/N-ethyl adjacent to an activating group) is 1. The number of hydrogen-bond donors (Lipinski definition) is 2. The van der Waals surface area contributed by atoms with E-state index in [1.54, 1.807) is 4.90 Å². The molecule has 1 atom stereocenters. The fourth-order valence-corrected chi connectivity index (χ4v) is 1.83. The van der Waals surface area contributed by atoms with E-state index >= 15 is 0 Å². The van der Waals surface area contributed by atoms with Crippen molar-refractivity contribution in [3.8, 4) is 0 Å². The van der Waals surface area contributed by atoms with Crippen LogP contribution in [-0.4, -0.2) is 48.4 Å². The van der Waals surface area contributed by atoms with E-state index in [0.717, 1.165) is 25.9 Å². The van der Waals surface area contributed by atoms with Crippen molar-refractivity contribution in [2.24, 2.45) is 0 Å². The molecule has 5 heteroatoms. The second kappa shape index (κ2) is 7.36. The van der Waals surface area contributed by atoms with Gasteiger partial charge in [0.05, 0.1) is 6.04 Å². The molecule has 1 aliphatic carbocycles. The lowest BCUT2D eigenvalue weighted by Crippen LogP contribution is -2.45. The highest BCUT2D eigenvalue weighted by atomic mass is 16.2. The highest BCUT2D eigenvalue weighted by molar-refractivity contribution is 5.81. The summed E-state index contributed by atoms with van der Waals surface area (Å²) in [5.41, 5.74) is 0. The number of rotatable bonds is 8. The summed E-state index contributed by atoms with van der Waals surface area (Å²) in [5, 5.41) is 6.03. The lowest BCUT2D eigenvalue weighted by atomic mass is 10.2. The molecule has 1 unspecified atom stereocenters. The van der Waals surface area contributed by atoms with Gasteiger partial charge in [0, 0.05) is 32.1 Å². The number of nitrogens with one attached hydrogen (secondary N) is 2. The van der Waals surface area contributed by atoms with Crippen LogP contribution in [0, 0.1) is 0 Å². The number of nitrogens with zero attached hydrogens (tertiary/aromatic N) is 1. The van der Waals surface area contributed by atoms with Crippen LogP contribution in [0.3, 0.4) is 0 Å². The van der Waals surface area contributed by atoms with Crippen LogP contribution in [0.15, 0.2) is 0 Å². The minimum atomic E-state index is -0.223. The Morgan fingerprint density at radius 2 is 1.89 bits per heavy atom. The predicted molar refractivity (Wildman–Crippen MR) is 71.2 cm³/mol. The van der Waals surface area contributed by atoms with Gasteiger partial charge < -0.3 is 15.5 Å². The maximum Gasteiger partial charge on any atom is 0.239 e. The van der Waals surface area contributed by atoms with Crippen LogP contribution in [0.5, 0.6) is 0 Å².